The number of benzene rings is 2. The summed E-state index contributed by atoms with van der Waals surface area (Å²) in [5, 5.41) is 3.01. The summed E-state index contributed by atoms with van der Waals surface area (Å²) in [4.78, 5) is 13.3. The number of nitrogens with one attached hydrogen (secondary N) is 1. The Balaban J connectivity index is 2.04. The molecule has 2 aromatic carbocycles. The Kier molecular flexibility index (Phi) is 5.26. The molecule has 0 heterocycles. The van der Waals surface area contributed by atoms with Crippen LogP contribution in [0.25, 0.3) is 0 Å². The summed E-state index contributed by atoms with van der Waals surface area (Å²) in [5.41, 5.74) is 1.77. The lowest BCUT2D eigenvalue weighted by molar-refractivity contribution is 0.0940. The molecule has 4 heteroatoms. The predicted molar refractivity (Wildman–Crippen MR) is 88.2 cm³/mol. The van der Waals surface area contributed by atoms with Crippen molar-refractivity contribution in [1.29, 1.82) is 0 Å². The Bertz CT molecular complexity index is 580. The zero-order chi connectivity index (χ0) is 14.5. The average molecular weight is 350 g/mol. The monoisotopic (exact) mass is 349 g/mol. The predicted octanol–water partition coefficient (Wildman–Crippen LogP) is 4.66. The molecule has 0 aliphatic heterocycles. The van der Waals surface area contributed by atoms with E-state index in [2.05, 4.69) is 21.2 Å². The van der Waals surface area contributed by atoms with Crippen molar-refractivity contribution in [2.24, 2.45) is 0 Å². The van der Waals surface area contributed by atoms with Crippen LogP contribution in [-0.2, 0) is 0 Å². The third kappa shape index (κ3) is 3.87. The normalized spacial score (nSPS) is 11.9. The maximum absolute atomic E-state index is 12.2. The molecule has 0 bridgehead atoms. The molecule has 0 spiro atoms. The minimum atomic E-state index is -0.0481. The molecule has 0 aromatic heterocycles. The highest BCUT2D eigenvalue weighted by atomic mass is 79.9. The average Bonchev–Trinajstić information content (AvgIpc) is 2.48. The third-order valence-corrected chi connectivity index (χ3v) is 4.34. The van der Waals surface area contributed by atoms with Gasteiger partial charge in [0.15, 0.2) is 0 Å². The lowest BCUT2D eigenvalue weighted by Gasteiger charge is -2.14. The highest BCUT2D eigenvalue weighted by molar-refractivity contribution is 9.10. The van der Waals surface area contributed by atoms with Crippen LogP contribution in [0.3, 0.4) is 0 Å². The van der Waals surface area contributed by atoms with Crippen LogP contribution in [0.4, 0.5) is 0 Å². The van der Waals surface area contributed by atoms with Crippen molar-refractivity contribution < 1.29 is 4.79 Å². The molecule has 0 saturated carbocycles. The minimum Gasteiger partial charge on any atom is -0.346 e. The number of thioether (sulfide) groups is 1. The lowest BCUT2D eigenvalue weighted by atomic mass is 10.1. The van der Waals surface area contributed by atoms with Gasteiger partial charge in [-0.3, -0.25) is 4.79 Å². The van der Waals surface area contributed by atoms with E-state index in [1.165, 1.54) is 0 Å². The van der Waals surface area contributed by atoms with Gasteiger partial charge in [-0.25, -0.2) is 0 Å². The molecular formula is C16H16BrNOS. The molecule has 2 rings (SSSR count). The largest absolute Gasteiger partial charge is 0.346 e. The number of hydrogen-bond acceptors (Lipinski definition) is 2. The fourth-order valence-electron chi connectivity index (χ4n) is 1.86. The van der Waals surface area contributed by atoms with Crippen LogP contribution in [0, 0.1) is 0 Å². The molecule has 20 heavy (non-hydrogen) atoms. The van der Waals surface area contributed by atoms with Crippen molar-refractivity contribution in [3.05, 3.63) is 64.1 Å². The molecule has 0 fully saturated rings. The smallest absolute Gasteiger partial charge is 0.251 e. The summed E-state index contributed by atoms with van der Waals surface area (Å²) in [6, 6.07) is 15.6. The summed E-state index contributed by atoms with van der Waals surface area (Å²) < 4.78 is 1.03. The Morgan fingerprint density at radius 2 is 1.70 bits per heavy atom. The molecule has 1 unspecified atom stereocenters. The molecule has 0 aliphatic carbocycles. The number of carbonyl (C=O) groups is 1. The van der Waals surface area contributed by atoms with Crippen molar-refractivity contribution in [3.8, 4) is 0 Å². The van der Waals surface area contributed by atoms with E-state index in [-0.39, 0.29) is 11.9 Å². The van der Waals surface area contributed by atoms with Crippen molar-refractivity contribution in [1.82, 2.24) is 5.32 Å². The van der Waals surface area contributed by atoms with Gasteiger partial charge in [-0.05, 0) is 55.1 Å². The first kappa shape index (κ1) is 15.1. The maximum Gasteiger partial charge on any atom is 0.251 e. The van der Waals surface area contributed by atoms with Gasteiger partial charge in [-0.2, -0.15) is 0 Å². The van der Waals surface area contributed by atoms with Gasteiger partial charge in [-0.15, -0.1) is 11.8 Å². The SMILES string of the molecule is CSc1ccc(C(=O)NC(C)c2ccc(Br)cc2)cc1. The topological polar surface area (TPSA) is 29.1 Å². The van der Waals surface area contributed by atoms with Crippen molar-refractivity contribution in [3.63, 3.8) is 0 Å². The second kappa shape index (κ2) is 6.95. The second-order valence-corrected chi connectivity index (χ2v) is 6.27. The lowest BCUT2D eigenvalue weighted by Crippen LogP contribution is -2.26. The van der Waals surface area contributed by atoms with Crippen molar-refractivity contribution in [2.75, 3.05) is 6.26 Å². The summed E-state index contributed by atoms with van der Waals surface area (Å²) in [7, 11) is 0. The number of halogens is 1. The first-order valence-corrected chi connectivity index (χ1v) is 8.32. The summed E-state index contributed by atoms with van der Waals surface area (Å²) in [5.74, 6) is -0.0481. The number of amides is 1. The standard InChI is InChI=1S/C16H16BrNOS/c1-11(12-3-7-14(17)8-4-12)18-16(19)13-5-9-15(20-2)10-6-13/h3-11H,1-2H3,(H,18,19). The van der Waals surface area contributed by atoms with Crippen LogP contribution < -0.4 is 5.32 Å². The molecule has 2 aromatic rings. The van der Waals surface area contributed by atoms with Gasteiger partial charge in [-0.1, -0.05) is 28.1 Å². The Hall–Kier alpha value is -1.26. The molecule has 0 radical (unpaired) electrons. The Morgan fingerprint density at radius 3 is 2.25 bits per heavy atom. The fourth-order valence-corrected chi connectivity index (χ4v) is 2.53. The zero-order valence-corrected chi connectivity index (χ0v) is 13.8. The van der Waals surface area contributed by atoms with E-state index >= 15 is 0 Å². The van der Waals surface area contributed by atoms with Crippen LogP contribution in [0.2, 0.25) is 0 Å². The van der Waals surface area contributed by atoms with E-state index < -0.39 is 0 Å². The Morgan fingerprint density at radius 1 is 1.10 bits per heavy atom. The molecule has 0 saturated heterocycles. The minimum absolute atomic E-state index is 0.0178. The van der Waals surface area contributed by atoms with E-state index in [1.807, 2.05) is 61.7 Å². The first-order valence-electron chi connectivity index (χ1n) is 6.30. The van der Waals surface area contributed by atoms with Crippen LogP contribution in [-0.4, -0.2) is 12.2 Å². The van der Waals surface area contributed by atoms with E-state index in [9.17, 15) is 4.79 Å². The third-order valence-electron chi connectivity index (χ3n) is 3.07. The van der Waals surface area contributed by atoms with E-state index in [0.29, 0.717) is 5.56 Å². The molecule has 2 nitrogen and oxygen atoms in total. The molecule has 1 N–H and O–H groups in total. The summed E-state index contributed by atoms with van der Waals surface area (Å²) in [6.07, 6.45) is 2.02. The van der Waals surface area contributed by atoms with E-state index in [0.717, 1.165) is 14.9 Å². The van der Waals surface area contributed by atoms with Crippen LogP contribution in [0.15, 0.2) is 57.9 Å². The van der Waals surface area contributed by atoms with Gasteiger partial charge < -0.3 is 5.32 Å². The van der Waals surface area contributed by atoms with Gasteiger partial charge in [0.2, 0.25) is 0 Å². The van der Waals surface area contributed by atoms with Gasteiger partial charge >= 0.3 is 0 Å². The fraction of sp³-hybridized carbons (Fsp3) is 0.188. The van der Waals surface area contributed by atoms with Gasteiger partial charge in [0.05, 0.1) is 6.04 Å². The number of rotatable bonds is 4. The summed E-state index contributed by atoms with van der Waals surface area (Å²) >= 11 is 5.07. The molecule has 0 aliphatic rings. The maximum atomic E-state index is 12.2. The van der Waals surface area contributed by atoms with Gasteiger partial charge in [0, 0.05) is 14.9 Å². The van der Waals surface area contributed by atoms with E-state index in [1.54, 1.807) is 11.8 Å². The first-order chi connectivity index (χ1) is 9.60. The summed E-state index contributed by atoms with van der Waals surface area (Å²) in [6.45, 7) is 1.98. The quantitative estimate of drug-likeness (QED) is 0.813. The van der Waals surface area contributed by atoms with E-state index in [4.69, 9.17) is 0 Å². The molecule has 1 atom stereocenters. The molecule has 1 amide bonds. The van der Waals surface area contributed by atoms with Crippen molar-refractivity contribution in [2.45, 2.75) is 17.9 Å². The van der Waals surface area contributed by atoms with Gasteiger partial charge in [0.1, 0.15) is 0 Å². The highest BCUT2D eigenvalue weighted by Gasteiger charge is 2.11. The number of carbonyl (C=O) groups excluding carboxylic acids is 1. The molecular weight excluding hydrogens is 334 g/mol. The number of hydrogen-bond donors (Lipinski definition) is 1. The Labute approximate surface area is 132 Å². The van der Waals surface area contributed by atoms with Gasteiger partial charge in [0.25, 0.3) is 5.91 Å². The van der Waals surface area contributed by atoms with Crippen LogP contribution in [0.5, 0.6) is 0 Å². The zero-order valence-electron chi connectivity index (χ0n) is 11.4. The highest BCUT2D eigenvalue weighted by Crippen LogP contribution is 2.18. The molecule has 104 valence electrons. The second-order valence-electron chi connectivity index (χ2n) is 4.48. The van der Waals surface area contributed by atoms with Crippen LogP contribution >= 0.6 is 27.7 Å². The van der Waals surface area contributed by atoms with Crippen LogP contribution in [0.1, 0.15) is 28.9 Å². The van der Waals surface area contributed by atoms with Crippen molar-refractivity contribution >= 4 is 33.6 Å².